The van der Waals surface area contributed by atoms with Crippen LogP contribution in [0, 0.1) is 5.41 Å². The standard InChI is InChI=1S/C16H23F2NO2/c1-4-16(3)13(10-14(16)20-5-2)19-11-8-6-7-9-12(11)21-15(17)18/h6-9,13-15,19H,4-5,10H2,1-3H3. The van der Waals surface area contributed by atoms with Gasteiger partial charge in [-0.2, -0.15) is 8.78 Å². The summed E-state index contributed by atoms with van der Waals surface area (Å²) in [5, 5.41) is 3.34. The summed E-state index contributed by atoms with van der Waals surface area (Å²) in [6.45, 7) is 4.16. The van der Waals surface area contributed by atoms with Gasteiger partial charge in [-0.25, -0.2) is 0 Å². The zero-order valence-electron chi connectivity index (χ0n) is 12.7. The first-order valence-electron chi connectivity index (χ1n) is 7.43. The maximum Gasteiger partial charge on any atom is 0.387 e. The zero-order chi connectivity index (χ0) is 15.5. The summed E-state index contributed by atoms with van der Waals surface area (Å²) < 4.78 is 35.2. The van der Waals surface area contributed by atoms with Gasteiger partial charge in [0.2, 0.25) is 0 Å². The average molecular weight is 299 g/mol. The van der Waals surface area contributed by atoms with E-state index < -0.39 is 6.61 Å². The van der Waals surface area contributed by atoms with Gasteiger partial charge in [-0.3, -0.25) is 0 Å². The lowest BCUT2D eigenvalue weighted by Crippen LogP contribution is -2.59. The molecular weight excluding hydrogens is 276 g/mol. The molecule has 1 aromatic carbocycles. The first-order chi connectivity index (χ1) is 10.0. The van der Waals surface area contributed by atoms with Crippen LogP contribution >= 0.6 is 0 Å². The topological polar surface area (TPSA) is 30.5 Å². The Kier molecular flexibility index (Phi) is 5.04. The Hall–Kier alpha value is -1.36. The summed E-state index contributed by atoms with van der Waals surface area (Å²) in [5.41, 5.74) is 0.617. The minimum absolute atomic E-state index is 0.00789. The van der Waals surface area contributed by atoms with Gasteiger partial charge in [0.05, 0.1) is 11.8 Å². The molecule has 1 saturated carbocycles. The fourth-order valence-corrected chi connectivity index (χ4v) is 2.95. The Labute approximate surface area is 124 Å². The van der Waals surface area contributed by atoms with Gasteiger partial charge in [0.25, 0.3) is 0 Å². The van der Waals surface area contributed by atoms with E-state index in [0.29, 0.717) is 12.3 Å². The molecule has 0 spiro atoms. The highest BCUT2D eigenvalue weighted by Gasteiger charge is 2.51. The van der Waals surface area contributed by atoms with Crippen molar-refractivity contribution in [3.05, 3.63) is 24.3 Å². The van der Waals surface area contributed by atoms with Gasteiger partial charge in [-0.15, -0.1) is 0 Å². The van der Waals surface area contributed by atoms with E-state index in [1.165, 1.54) is 0 Å². The number of rotatable bonds is 7. The SMILES string of the molecule is CCOC1CC(Nc2ccccc2OC(F)F)C1(C)CC. The largest absolute Gasteiger partial charge is 0.433 e. The second-order valence-electron chi connectivity index (χ2n) is 5.61. The molecule has 0 bridgehead atoms. The maximum absolute atomic E-state index is 12.4. The van der Waals surface area contributed by atoms with Crippen molar-refractivity contribution in [2.45, 2.75) is 52.4 Å². The Morgan fingerprint density at radius 2 is 2.05 bits per heavy atom. The van der Waals surface area contributed by atoms with Gasteiger partial charge in [0, 0.05) is 18.1 Å². The number of nitrogens with one attached hydrogen (secondary N) is 1. The number of alkyl halides is 2. The molecule has 2 rings (SSSR count). The normalized spacial score (nSPS) is 28.3. The summed E-state index contributed by atoms with van der Waals surface area (Å²) in [6.07, 6.45) is 2.06. The summed E-state index contributed by atoms with van der Waals surface area (Å²) >= 11 is 0. The van der Waals surface area contributed by atoms with Crippen molar-refractivity contribution < 1.29 is 18.3 Å². The van der Waals surface area contributed by atoms with Crippen LogP contribution in [0.1, 0.15) is 33.6 Å². The molecule has 1 aliphatic rings. The highest BCUT2D eigenvalue weighted by molar-refractivity contribution is 5.57. The molecule has 1 N–H and O–H groups in total. The second kappa shape index (κ2) is 6.60. The Morgan fingerprint density at radius 1 is 1.33 bits per heavy atom. The van der Waals surface area contributed by atoms with E-state index in [4.69, 9.17) is 4.74 Å². The van der Waals surface area contributed by atoms with Gasteiger partial charge in [-0.1, -0.05) is 26.0 Å². The van der Waals surface area contributed by atoms with Gasteiger partial charge in [-0.05, 0) is 31.9 Å². The van der Waals surface area contributed by atoms with Crippen molar-refractivity contribution in [3.63, 3.8) is 0 Å². The van der Waals surface area contributed by atoms with E-state index in [1.54, 1.807) is 18.2 Å². The molecule has 0 aromatic heterocycles. The van der Waals surface area contributed by atoms with Crippen LogP contribution in [0.5, 0.6) is 5.75 Å². The predicted molar refractivity (Wildman–Crippen MR) is 78.9 cm³/mol. The van der Waals surface area contributed by atoms with Crippen molar-refractivity contribution >= 4 is 5.69 Å². The molecular formula is C16H23F2NO2. The molecule has 1 aromatic rings. The van der Waals surface area contributed by atoms with Crippen LogP contribution in [0.15, 0.2) is 24.3 Å². The molecule has 0 heterocycles. The van der Waals surface area contributed by atoms with Gasteiger partial charge in [0.1, 0.15) is 5.75 Å². The maximum atomic E-state index is 12.4. The molecule has 0 amide bonds. The molecule has 1 fully saturated rings. The summed E-state index contributed by atoms with van der Waals surface area (Å²) in [5.74, 6) is 0.186. The van der Waals surface area contributed by atoms with Crippen LogP contribution in [0.25, 0.3) is 0 Å². The third kappa shape index (κ3) is 3.28. The molecule has 21 heavy (non-hydrogen) atoms. The summed E-state index contributed by atoms with van der Waals surface area (Å²) in [6, 6.07) is 7.01. The number of halogens is 2. The minimum atomic E-state index is -2.82. The third-order valence-electron chi connectivity index (χ3n) is 4.54. The summed E-state index contributed by atoms with van der Waals surface area (Å²) in [7, 11) is 0. The van der Waals surface area contributed by atoms with Crippen LogP contribution in [0.2, 0.25) is 0 Å². The molecule has 0 saturated heterocycles. The second-order valence-corrected chi connectivity index (χ2v) is 5.61. The quantitative estimate of drug-likeness (QED) is 0.814. The highest BCUT2D eigenvalue weighted by atomic mass is 19.3. The fourth-order valence-electron chi connectivity index (χ4n) is 2.95. The first-order valence-corrected chi connectivity index (χ1v) is 7.43. The van der Waals surface area contributed by atoms with Crippen LogP contribution < -0.4 is 10.1 Å². The van der Waals surface area contributed by atoms with Crippen molar-refractivity contribution in [1.29, 1.82) is 0 Å². The van der Waals surface area contributed by atoms with Crippen molar-refractivity contribution in [3.8, 4) is 5.75 Å². The molecule has 3 nitrogen and oxygen atoms in total. The lowest BCUT2D eigenvalue weighted by atomic mass is 9.61. The van der Waals surface area contributed by atoms with E-state index in [2.05, 4.69) is 23.9 Å². The number of para-hydroxylation sites is 2. The van der Waals surface area contributed by atoms with Crippen LogP contribution in [-0.2, 0) is 4.74 Å². The first kappa shape index (κ1) is 16.0. The van der Waals surface area contributed by atoms with Crippen LogP contribution in [0.3, 0.4) is 0 Å². The molecule has 3 atom stereocenters. The monoisotopic (exact) mass is 299 g/mol. The molecule has 3 unspecified atom stereocenters. The molecule has 118 valence electrons. The van der Waals surface area contributed by atoms with Crippen molar-refractivity contribution in [2.24, 2.45) is 5.41 Å². The summed E-state index contributed by atoms with van der Waals surface area (Å²) in [4.78, 5) is 0. The minimum Gasteiger partial charge on any atom is -0.433 e. The Balaban J connectivity index is 2.09. The lowest BCUT2D eigenvalue weighted by Gasteiger charge is -2.54. The van der Waals surface area contributed by atoms with Crippen LogP contribution in [0.4, 0.5) is 14.5 Å². The Bertz CT molecular complexity index is 469. The smallest absolute Gasteiger partial charge is 0.387 e. The molecule has 0 aliphatic heterocycles. The highest BCUT2D eigenvalue weighted by Crippen LogP contribution is 2.48. The number of ether oxygens (including phenoxy) is 2. The van der Waals surface area contributed by atoms with E-state index in [1.807, 2.05) is 13.0 Å². The van der Waals surface area contributed by atoms with Gasteiger partial charge >= 0.3 is 6.61 Å². The number of hydrogen-bond donors (Lipinski definition) is 1. The zero-order valence-corrected chi connectivity index (χ0v) is 12.7. The molecule has 5 heteroatoms. The lowest BCUT2D eigenvalue weighted by molar-refractivity contribution is -0.109. The van der Waals surface area contributed by atoms with E-state index in [0.717, 1.165) is 12.8 Å². The number of anilines is 1. The van der Waals surface area contributed by atoms with E-state index in [9.17, 15) is 8.78 Å². The number of benzene rings is 1. The van der Waals surface area contributed by atoms with Gasteiger partial charge in [0.15, 0.2) is 0 Å². The van der Waals surface area contributed by atoms with Gasteiger partial charge < -0.3 is 14.8 Å². The van der Waals surface area contributed by atoms with Crippen molar-refractivity contribution in [1.82, 2.24) is 0 Å². The average Bonchev–Trinajstić information content (AvgIpc) is 2.46. The number of hydrogen-bond acceptors (Lipinski definition) is 3. The van der Waals surface area contributed by atoms with Crippen molar-refractivity contribution in [2.75, 3.05) is 11.9 Å². The Morgan fingerprint density at radius 3 is 2.67 bits per heavy atom. The van der Waals surface area contributed by atoms with E-state index in [-0.39, 0.29) is 23.3 Å². The molecule has 1 aliphatic carbocycles. The molecule has 0 radical (unpaired) electrons. The fraction of sp³-hybridized carbons (Fsp3) is 0.625. The third-order valence-corrected chi connectivity index (χ3v) is 4.54. The van der Waals surface area contributed by atoms with E-state index >= 15 is 0 Å². The van der Waals surface area contributed by atoms with Crippen LogP contribution in [-0.4, -0.2) is 25.4 Å². The predicted octanol–water partition coefficient (Wildman–Crippen LogP) is 4.29.